The van der Waals surface area contributed by atoms with Gasteiger partial charge in [-0.25, -0.2) is 0 Å². The minimum Gasteiger partial charge on any atom is -0.508 e. The second-order valence-electron chi connectivity index (χ2n) is 4.40. The Morgan fingerprint density at radius 1 is 1.30 bits per heavy atom. The van der Waals surface area contributed by atoms with E-state index >= 15 is 0 Å². The van der Waals surface area contributed by atoms with Crippen molar-refractivity contribution >= 4 is 27.3 Å². The van der Waals surface area contributed by atoms with E-state index in [-0.39, 0.29) is 11.4 Å². The van der Waals surface area contributed by atoms with Crippen molar-refractivity contribution in [1.29, 1.82) is 0 Å². The number of anilines is 1. The number of phenolic OH excluding ortho intramolecular Hbond substituents is 1. The Bertz CT molecular complexity index is 642. The predicted octanol–water partition coefficient (Wildman–Crippen LogP) is 3.98. The lowest BCUT2D eigenvalue weighted by molar-refractivity contribution is -0.385. The number of hydrogen-bond donors (Lipinski definition) is 2. The van der Waals surface area contributed by atoms with Crippen LogP contribution in [0.25, 0.3) is 0 Å². The van der Waals surface area contributed by atoms with Crippen LogP contribution in [-0.4, -0.2) is 10.0 Å². The fourth-order valence-electron chi connectivity index (χ4n) is 1.81. The van der Waals surface area contributed by atoms with Crippen molar-refractivity contribution in [3.8, 4) is 5.75 Å². The molecule has 0 aliphatic heterocycles. The third-order valence-electron chi connectivity index (χ3n) is 2.90. The van der Waals surface area contributed by atoms with Gasteiger partial charge in [0.25, 0.3) is 5.69 Å². The van der Waals surface area contributed by atoms with E-state index in [4.69, 9.17) is 0 Å². The summed E-state index contributed by atoms with van der Waals surface area (Å²) in [5.41, 5.74) is 2.49. The molecule has 0 bridgehead atoms. The van der Waals surface area contributed by atoms with Crippen LogP contribution >= 0.6 is 15.9 Å². The van der Waals surface area contributed by atoms with E-state index in [2.05, 4.69) is 21.2 Å². The molecular weight excluding hydrogens is 324 g/mol. The van der Waals surface area contributed by atoms with Gasteiger partial charge in [-0.1, -0.05) is 12.1 Å². The first-order chi connectivity index (χ1) is 9.47. The van der Waals surface area contributed by atoms with Gasteiger partial charge in [0.05, 0.1) is 4.92 Å². The molecule has 0 aromatic heterocycles. The lowest BCUT2D eigenvalue weighted by atomic mass is 10.1. The van der Waals surface area contributed by atoms with Gasteiger partial charge < -0.3 is 10.4 Å². The van der Waals surface area contributed by atoms with Crippen molar-refractivity contribution < 1.29 is 10.0 Å². The Balaban J connectivity index is 2.16. The summed E-state index contributed by atoms with van der Waals surface area (Å²) >= 11 is 3.33. The molecule has 2 N–H and O–H groups in total. The van der Waals surface area contributed by atoms with Crippen molar-refractivity contribution in [3.63, 3.8) is 0 Å². The van der Waals surface area contributed by atoms with Crippen LogP contribution in [-0.2, 0) is 6.54 Å². The van der Waals surface area contributed by atoms with Crippen LogP contribution in [0.15, 0.2) is 40.9 Å². The predicted molar refractivity (Wildman–Crippen MR) is 81.0 cm³/mol. The molecule has 0 fully saturated rings. The van der Waals surface area contributed by atoms with Gasteiger partial charge in [0.15, 0.2) is 0 Å². The summed E-state index contributed by atoms with van der Waals surface area (Å²) in [6.07, 6.45) is 0. The highest BCUT2D eigenvalue weighted by molar-refractivity contribution is 9.10. The van der Waals surface area contributed by atoms with E-state index in [1.807, 2.05) is 12.1 Å². The van der Waals surface area contributed by atoms with Crippen LogP contribution < -0.4 is 5.32 Å². The average Bonchev–Trinajstić information content (AvgIpc) is 2.41. The number of nitrogens with one attached hydrogen (secondary N) is 1. The van der Waals surface area contributed by atoms with Crippen LogP contribution in [0.3, 0.4) is 0 Å². The Morgan fingerprint density at radius 3 is 2.55 bits per heavy atom. The van der Waals surface area contributed by atoms with Gasteiger partial charge in [-0.05, 0) is 46.6 Å². The molecule has 0 saturated heterocycles. The fourth-order valence-corrected chi connectivity index (χ4v) is 2.29. The van der Waals surface area contributed by atoms with Gasteiger partial charge in [0.1, 0.15) is 5.75 Å². The molecule has 0 aliphatic rings. The maximum atomic E-state index is 10.8. The third kappa shape index (κ3) is 3.27. The molecule has 104 valence electrons. The maximum absolute atomic E-state index is 10.8. The van der Waals surface area contributed by atoms with E-state index in [1.165, 1.54) is 6.07 Å². The number of aryl methyl sites for hydroxylation is 1. The molecule has 0 saturated carbocycles. The summed E-state index contributed by atoms with van der Waals surface area (Å²) in [7, 11) is 0. The molecule has 0 atom stereocenters. The second kappa shape index (κ2) is 5.92. The summed E-state index contributed by atoms with van der Waals surface area (Å²) < 4.78 is 0.647. The van der Waals surface area contributed by atoms with E-state index in [1.54, 1.807) is 25.1 Å². The SMILES string of the molecule is Cc1cc(NCc2ccc(O)cc2)c(Br)cc1[N+](=O)[O-]. The molecule has 20 heavy (non-hydrogen) atoms. The molecule has 2 rings (SSSR count). The van der Waals surface area contributed by atoms with Gasteiger partial charge in [0, 0.05) is 28.3 Å². The monoisotopic (exact) mass is 336 g/mol. The van der Waals surface area contributed by atoms with E-state index in [0.717, 1.165) is 11.3 Å². The zero-order valence-corrected chi connectivity index (χ0v) is 12.3. The lowest BCUT2D eigenvalue weighted by Gasteiger charge is -2.10. The minimum atomic E-state index is -0.399. The quantitative estimate of drug-likeness (QED) is 0.654. The molecule has 6 heteroatoms. The Labute approximate surface area is 124 Å². The van der Waals surface area contributed by atoms with Gasteiger partial charge in [0.2, 0.25) is 0 Å². The highest BCUT2D eigenvalue weighted by Crippen LogP contribution is 2.30. The highest BCUT2D eigenvalue weighted by Gasteiger charge is 2.13. The fraction of sp³-hybridized carbons (Fsp3) is 0.143. The molecule has 0 amide bonds. The number of hydrogen-bond acceptors (Lipinski definition) is 4. The third-order valence-corrected chi connectivity index (χ3v) is 3.56. The number of nitro groups is 1. The topological polar surface area (TPSA) is 75.4 Å². The van der Waals surface area contributed by atoms with E-state index in [0.29, 0.717) is 16.6 Å². The van der Waals surface area contributed by atoms with Gasteiger partial charge in [-0.15, -0.1) is 0 Å². The number of phenols is 1. The first-order valence-corrected chi connectivity index (χ1v) is 6.73. The first kappa shape index (κ1) is 14.3. The highest BCUT2D eigenvalue weighted by atomic mass is 79.9. The molecule has 0 heterocycles. The Morgan fingerprint density at radius 2 is 1.95 bits per heavy atom. The van der Waals surface area contributed by atoms with Crippen molar-refractivity contribution in [2.75, 3.05) is 5.32 Å². The van der Waals surface area contributed by atoms with Crippen molar-refractivity contribution in [2.45, 2.75) is 13.5 Å². The molecule has 0 radical (unpaired) electrons. The van der Waals surface area contributed by atoms with Crippen LogP contribution in [0, 0.1) is 17.0 Å². The van der Waals surface area contributed by atoms with Gasteiger partial charge in [-0.2, -0.15) is 0 Å². The zero-order chi connectivity index (χ0) is 14.7. The molecule has 2 aromatic rings. The molecule has 0 spiro atoms. The summed E-state index contributed by atoms with van der Waals surface area (Å²) in [5, 5.41) is 23.3. The molecule has 5 nitrogen and oxygen atoms in total. The summed E-state index contributed by atoms with van der Waals surface area (Å²) in [6.45, 7) is 2.27. The molecular formula is C14H13BrN2O3. The molecule has 0 aliphatic carbocycles. The van der Waals surface area contributed by atoms with Crippen molar-refractivity contribution in [1.82, 2.24) is 0 Å². The maximum Gasteiger partial charge on any atom is 0.273 e. The van der Waals surface area contributed by atoms with Crippen LogP contribution in [0.4, 0.5) is 11.4 Å². The number of benzene rings is 2. The lowest BCUT2D eigenvalue weighted by Crippen LogP contribution is -2.01. The smallest absolute Gasteiger partial charge is 0.273 e. The number of aromatic hydroxyl groups is 1. The largest absolute Gasteiger partial charge is 0.508 e. The van der Waals surface area contributed by atoms with Crippen molar-refractivity contribution in [3.05, 3.63) is 62.1 Å². The number of halogens is 1. The standard InChI is InChI=1S/C14H13BrN2O3/c1-9-6-13(12(15)7-14(9)17(19)20)16-8-10-2-4-11(18)5-3-10/h2-7,16,18H,8H2,1H3. The number of rotatable bonds is 4. The Hall–Kier alpha value is -2.08. The molecule has 0 unspecified atom stereocenters. The summed E-state index contributed by atoms with van der Waals surface area (Å²) in [6, 6.07) is 10.1. The molecule has 2 aromatic carbocycles. The Kier molecular flexibility index (Phi) is 4.24. The van der Waals surface area contributed by atoms with Crippen LogP contribution in [0.5, 0.6) is 5.75 Å². The summed E-state index contributed by atoms with van der Waals surface area (Å²) in [4.78, 5) is 10.4. The zero-order valence-electron chi connectivity index (χ0n) is 10.8. The second-order valence-corrected chi connectivity index (χ2v) is 5.25. The van der Waals surface area contributed by atoms with E-state index < -0.39 is 4.92 Å². The van der Waals surface area contributed by atoms with Gasteiger partial charge >= 0.3 is 0 Å². The number of nitrogens with zero attached hydrogens (tertiary/aromatic N) is 1. The van der Waals surface area contributed by atoms with E-state index in [9.17, 15) is 15.2 Å². The normalized spacial score (nSPS) is 10.3. The van der Waals surface area contributed by atoms with Crippen LogP contribution in [0.2, 0.25) is 0 Å². The summed E-state index contributed by atoms with van der Waals surface area (Å²) in [5.74, 6) is 0.223. The van der Waals surface area contributed by atoms with Crippen LogP contribution in [0.1, 0.15) is 11.1 Å². The van der Waals surface area contributed by atoms with Crippen molar-refractivity contribution in [2.24, 2.45) is 0 Å². The average molecular weight is 337 g/mol. The number of nitro benzene ring substituents is 1. The first-order valence-electron chi connectivity index (χ1n) is 5.93. The van der Waals surface area contributed by atoms with Gasteiger partial charge in [-0.3, -0.25) is 10.1 Å². The minimum absolute atomic E-state index is 0.0899.